The molecule has 0 spiro atoms. The summed E-state index contributed by atoms with van der Waals surface area (Å²) in [4.78, 5) is 0. The lowest BCUT2D eigenvalue weighted by Crippen LogP contribution is -2.09. The Morgan fingerprint density at radius 3 is 2.42 bits per heavy atom. The molecule has 0 aliphatic carbocycles. The smallest absolute Gasteiger partial charge is 0.200 e. The molecule has 4 heteroatoms. The Hall–Kier alpha value is -0.900. The van der Waals surface area contributed by atoms with Crippen LogP contribution in [0.5, 0.6) is 0 Å². The Bertz CT molecular complexity index is 274. The zero-order valence-electron chi connectivity index (χ0n) is 6.11. The molecule has 0 aromatic heterocycles. The van der Waals surface area contributed by atoms with Crippen LogP contribution in [0.25, 0.3) is 0 Å². The molecule has 1 rings (SSSR count). The number of oxime groups is 1. The van der Waals surface area contributed by atoms with Crippen LogP contribution in [0.3, 0.4) is 0 Å². The molecule has 1 unspecified atom stereocenters. The van der Waals surface area contributed by atoms with Crippen LogP contribution < -0.4 is 0 Å². The largest absolute Gasteiger partial charge is 0.411 e. The van der Waals surface area contributed by atoms with Crippen molar-refractivity contribution >= 4 is 21.6 Å². The molecule has 0 bridgehead atoms. The van der Waals surface area contributed by atoms with Crippen LogP contribution in [0.15, 0.2) is 35.5 Å². The number of hydrogen-bond acceptors (Lipinski definition) is 2. The predicted molar refractivity (Wildman–Crippen MR) is 48.6 cm³/mol. The topological polar surface area (TPSA) is 32.6 Å². The molecule has 1 aromatic rings. The van der Waals surface area contributed by atoms with Crippen molar-refractivity contribution in [2.75, 3.05) is 0 Å². The molecule has 0 heterocycles. The maximum atomic E-state index is 12.7. The Labute approximate surface area is 77.8 Å². The van der Waals surface area contributed by atoms with Gasteiger partial charge in [0.1, 0.15) is 5.71 Å². The maximum absolute atomic E-state index is 12.7. The van der Waals surface area contributed by atoms with Crippen molar-refractivity contribution in [2.45, 2.75) is 5.08 Å². The summed E-state index contributed by atoms with van der Waals surface area (Å²) in [5.74, 6) is 0. The summed E-state index contributed by atoms with van der Waals surface area (Å²) in [5, 5.41) is 9.88. The van der Waals surface area contributed by atoms with Gasteiger partial charge in [-0.3, -0.25) is 0 Å². The van der Waals surface area contributed by atoms with Crippen molar-refractivity contribution in [3.8, 4) is 0 Å². The summed E-state index contributed by atoms with van der Waals surface area (Å²) >= 11 is 2.68. The molecule has 0 aliphatic heterocycles. The normalized spacial score (nSPS) is 14.3. The summed E-state index contributed by atoms with van der Waals surface area (Å²) in [7, 11) is 0. The van der Waals surface area contributed by atoms with Crippen LogP contribution in [-0.4, -0.2) is 16.0 Å². The Morgan fingerprint density at radius 1 is 1.42 bits per heavy atom. The lowest BCUT2D eigenvalue weighted by atomic mass is 10.1. The van der Waals surface area contributed by atoms with E-state index < -0.39 is 5.08 Å². The van der Waals surface area contributed by atoms with E-state index in [1.54, 1.807) is 30.3 Å². The van der Waals surface area contributed by atoms with Crippen molar-refractivity contribution in [1.82, 2.24) is 0 Å². The van der Waals surface area contributed by atoms with Gasteiger partial charge in [-0.2, -0.15) is 0 Å². The lowest BCUT2D eigenvalue weighted by molar-refractivity contribution is 0.315. The molecule has 0 saturated heterocycles. The van der Waals surface area contributed by atoms with Gasteiger partial charge in [0.05, 0.1) is 0 Å². The third-order valence-electron chi connectivity index (χ3n) is 1.38. The van der Waals surface area contributed by atoms with Gasteiger partial charge in [-0.25, -0.2) is 4.39 Å². The molecule has 2 nitrogen and oxygen atoms in total. The highest BCUT2D eigenvalue weighted by molar-refractivity contribution is 9.09. The van der Waals surface area contributed by atoms with Gasteiger partial charge in [0.2, 0.25) is 5.08 Å². The van der Waals surface area contributed by atoms with Gasteiger partial charge < -0.3 is 5.21 Å². The third kappa shape index (κ3) is 2.04. The number of benzene rings is 1. The average molecular weight is 232 g/mol. The standard InChI is InChI=1S/C8H7BrFNO/c9-8(10)7(11-12)6-4-2-1-3-5-6/h1-5,8,12H/b11-7-. The number of halogens is 2. The SMILES string of the molecule is O/N=C(/c1ccccc1)C(F)Br. The molecule has 0 radical (unpaired) electrons. The van der Waals surface area contributed by atoms with Crippen LogP contribution in [0.1, 0.15) is 5.56 Å². The van der Waals surface area contributed by atoms with Crippen LogP contribution in [0, 0.1) is 0 Å². The average Bonchev–Trinajstić information content (AvgIpc) is 2.07. The Morgan fingerprint density at radius 2 is 2.00 bits per heavy atom. The van der Waals surface area contributed by atoms with Crippen molar-refractivity contribution in [3.63, 3.8) is 0 Å². The summed E-state index contributed by atoms with van der Waals surface area (Å²) in [6.45, 7) is 0. The van der Waals surface area contributed by atoms with Gasteiger partial charge in [0, 0.05) is 5.56 Å². The van der Waals surface area contributed by atoms with Gasteiger partial charge in [-0.05, 0) is 15.9 Å². The monoisotopic (exact) mass is 231 g/mol. The number of hydrogen-bond donors (Lipinski definition) is 1. The zero-order valence-corrected chi connectivity index (χ0v) is 7.70. The highest BCUT2D eigenvalue weighted by atomic mass is 79.9. The second-order valence-corrected chi connectivity index (χ2v) is 2.96. The first-order valence-electron chi connectivity index (χ1n) is 3.31. The Balaban J connectivity index is 2.97. The molecule has 1 aromatic carbocycles. The van der Waals surface area contributed by atoms with Crippen molar-refractivity contribution in [1.29, 1.82) is 0 Å². The minimum absolute atomic E-state index is 0.0180. The van der Waals surface area contributed by atoms with E-state index in [0.29, 0.717) is 5.56 Å². The van der Waals surface area contributed by atoms with Gasteiger partial charge >= 0.3 is 0 Å². The first kappa shape index (κ1) is 9.19. The third-order valence-corrected chi connectivity index (χ3v) is 1.82. The van der Waals surface area contributed by atoms with E-state index >= 15 is 0 Å². The first-order valence-corrected chi connectivity index (χ1v) is 4.23. The van der Waals surface area contributed by atoms with Gasteiger partial charge in [0.15, 0.2) is 0 Å². The molecular formula is C8H7BrFNO. The van der Waals surface area contributed by atoms with Crippen LogP contribution in [-0.2, 0) is 0 Å². The lowest BCUT2D eigenvalue weighted by Gasteiger charge is -2.02. The van der Waals surface area contributed by atoms with E-state index in [1.165, 1.54) is 0 Å². The van der Waals surface area contributed by atoms with Crippen LogP contribution in [0.2, 0.25) is 0 Å². The van der Waals surface area contributed by atoms with Crippen LogP contribution >= 0.6 is 15.9 Å². The Kier molecular flexibility index (Phi) is 3.22. The molecule has 12 heavy (non-hydrogen) atoms. The predicted octanol–water partition coefficient (Wildman–Crippen LogP) is 2.56. The summed E-state index contributed by atoms with van der Waals surface area (Å²) < 4.78 is 12.7. The molecule has 1 atom stereocenters. The summed E-state index contributed by atoms with van der Waals surface area (Å²) in [5.41, 5.74) is 0.542. The minimum atomic E-state index is -1.44. The van der Waals surface area contributed by atoms with E-state index in [1.807, 2.05) is 0 Å². The highest BCUT2D eigenvalue weighted by Crippen LogP contribution is 2.11. The fourth-order valence-electron chi connectivity index (χ4n) is 0.836. The number of alkyl halides is 2. The first-order chi connectivity index (χ1) is 5.75. The molecule has 0 aliphatic rings. The summed E-state index contributed by atoms with van der Waals surface area (Å²) in [6, 6.07) is 8.64. The second kappa shape index (κ2) is 4.21. The quantitative estimate of drug-likeness (QED) is 0.361. The van der Waals surface area contributed by atoms with Gasteiger partial charge in [-0.1, -0.05) is 35.5 Å². The summed E-state index contributed by atoms with van der Waals surface area (Å²) in [6.07, 6.45) is 0. The molecule has 64 valence electrons. The van der Waals surface area contributed by atoms with Gasteiger partial charge in [0.25, 0.3) is 0 Å². The minimum Gasteiger partial charge on any atom is -0.411 e. The second-order valence-electron chi connectivity index (χ2n) is 2.15. The highest BCUT2D eigenvalue weighted by Gasteiger charge is 2.12. The number of rotatable bonds is 2. The molecule has 1 N–H and O–H groups in total. The molecule has 0 fully saturated rings. The van der Waals surface area contributed by atoms with E-state index in [9.17, 15) is 4.39 Å². The van der Waals surface area contributed by atoms with E-state index in [-0.39, 0.29) is 5.71 Å². The van der Waals surface area contributed by atoms with E-state index in [4.69, 9.17) is 5.21 Å². The molecular weight excluding hydrogens is 225 g/mol. The molecule has 0 saturated carbocycles. The van der Waals surface area contributed by atoms with Crippen molar-refractivity contribution < 1.29 is 9.60 Å². The van der Waals surface area contributed by atoms with E-state index in [2.05, 4.69) is 21.1 Å². The fourth-order valence-corrected chi connectivity index (χ4v) is 1.19. The van der Waals surface area contributed by atoms with Gasteiger partial charge in [-0.15, -0.1) is 0 Å². The van der Waals surface area contributed by atoms with E-state index in [0.717, 1.165) is 0 Å². The van der Waals surface area contributed by atoms with Crippen molar-refractivity contribution in [3.05, 3.63) is 35.9 Å². The molecule has 0 amide bonds. The van der Waals surface area contributed by atoms with Crippen molar-refractivity contribution in [2.24, 2.45) is 5.16 Å². The fraction of sp³-hybridized carbons (Fsp3) is 0.125. The number of nitrogens with zero attached hydrogens (tertiary/aromatic N) is 1. The van der Waals surface area contributed by atoms with Crippen LogP contribution in [0.4, 0.5) is 4.39 Å². The maximum Gasteiger partial charge on any atom is 0.200 e. The zero-order chi connectivity index (χ0) is 8.97.